The average Bonchev–Trinajstić information content (AvgIpc) is 2.31. The van der Waals surface area contributed by atoms with Gasteiger partial charge in [0, 0.05) is 19.3 Å². The number of anilines is 1. The molecule has 0 bridgehead atoms. The van der Waals surface area contributed by atoms with E-state index in [1.807, 2.05) is 7.05 Å². The molecule has 0 radical (unpaired) electrons. The van der Waals surface area contributed by atoms with Crippen LogP contribution in [-0.4, -0.2) is 25.0 Å². The molecule has 1 N–H and O–H groups in total. The second kappa shape index (κ2) is 5.17. The molecule has 1 saturated heterocycles. The molecule has 2 rings (SSSR count). The molecular weight excluding hydrogens is 184 g/mol. The maximum Gasteiger partial charge on any atom is 0.0383 e. The highest BCUT2D eigenvalue weighted by molar-refractivity contribution is 5.50. The predicted molar refractivity (Wildman–Crippen MR) is 65.1 cm³/mol. The maximum atomic E-state index is 3.26. The van der Waals surface area contributed by atoms with Crippen LogP contribution in [0.5, 0.6) is 0 Å². The normalized spacial score (nSPS) is 17.7. The van der Waals surface area contributed by atoms with Gasteiger partial charge < -0.3 is 5.32 Å². The number of piperidine rings is 1. The third-order valence-electron chi connectivity index (χ3n) is 3.13. The van der Waals surface area contributed by atoms with Gasteiger partial charge >= 0.3 is 0 Å². The summed E-state index contributed by atoms with van der Waals surface area (Å²) < 4.78 is 0. The Morgan fingerprint density at radius 3 is 2.60 bits per heavy atom. The molecule has 1 aliphatic rings. The number of para-hydroxylation sites is 1. The van der Waals surface area contributed by atoms with Crippen LogP contribution in [0.25, 0.3) is 0 Å². The Kier molecular flexibility index (Phi) is 3.62. The van der Waals surface area contributed by atoms with Crippen molar-refractivity contribution in [3.63, 3.8) is 0 Å². The number of benzene rings is 1. The number of likely N-dealkylation sites (tertiary alicyclic amines) is 1. The summed E-state index contributed by atoms with van der Waals surface area (Å²) in [5, 5.41) is 3.26. The largest absolute Gasteiger partial charge is 0.388 e. The monoisotopic (exact) mass is 204 g/mol. The summed E-state index contributed by atoms with van der Waals surface area (Å²) in [5.41, 5.74) is 2.69. The van der Waals surface area contributed by atoms with Crippen LogP contribution in [0.1, 0.15) is 24.8 Å². The molecule has 1 aromatic rings. The summed E-state index contributed by atoms with van der Waals surface area (Å²) in [7, 11) is 2.00. The Hall–Kier alpha value is -1.02. The van der Waals surface area contributed by atoms with E-state index in [1.165, 1.54) is 43.6 Å². The second-order valence-corrected chi connectivity index (χ2v) is 4.24. The van der Waals surface area contributed by atoms with Crippen LogP contribution in [0, 0.1) is 0 Å². The summed E-state index contributed by atoms with van der Waals surface area (Å²) in [6.45, 7) is 3.62. The Bertz CT molecular complexity index is 303. The van der Waals surface area contributed by atoms with E-state index in [4.69, 9.17) is 0 Å². The highest BCUT2D eigenvalue weighted by Gasteiger charge is 2.11. The number of rotatable bonds is 3. The van der Waals surface area contributed by atoms with Gasteiger partial charge in [-0.2, -0.15) is 0 Å². The Morgan fingerprint density at radius 1 is 1.13 bits per heavy atom. The molecule has 15 heavy (non-hydrogen) atoms. The first-order chi connectivity index (χ1) is 7.40. The zero-order valence-electron chi connectivity index (χ0n) is 9.50. The van der Waals surface area contributed by atoms with Gasteiger partial charge in [-0.1, -0.05) is 24.6 Å². The first-order valence-corrected chi connectivity index (χ1v) is 5.88. The first kappa shape index (κ1) is 10.5. The molecular formula is C13H20N2. The van der Waals surface area contributed by atoms with Gasteiger partial charge in [0.25, 0.3) is 0 Å². The van der Waals surface area contributed by atoms with E-state index in [1.54, 1.807) is 0 Å². The van der Waals surface area contributed by atoms with Crippen molar-refractivity contribution in [1.82, 2.24) is 4.90 Å². The molecule has 2 heteroatoms. The minimum absolute atomic E-state index is 1.09. The van der Waals surface area contributed by atoms with Crippen molar-refractivity contribution in [3.8, 4) is 0 Å². The molecule has 82 valence electrons. The third-order valence-corrected chi connectivity index (χ3v) is 3.13. The SMILES string of the molecule is CNc1ccccc1CN1CCCCC1. The van der Waals surface area contributed by atoms with Crippen LogP contribution in [-0.2, 0) is 6.54 Å². The van der Waals surface area contributed by atoms with Gasteiger partial charge in [0.1, 0.15) is 0 Å². The van der Waals surface area contributed by atoms with E-state index in [0.717, 1.165) is 6.54 Å². The molecule has 0 amide bonds. The van der Waals surface area contributed by atoms with Gasteiger partial charge in [0.05, 0.1) is 0 Å². The second-order valence-electron chi connectivity index (χ2n) is 4.24. The van der Waals surface area contributed by atoms with Crippen LogP contribution >= 0.6 is 0 Å². The van der Waals surface area contributed by atoms with Crippen molar-refractivity contribution in [1.29, 1.82) is 0 Å². The molecule has 0 atom stereocenters. The van der Waals surface area contributed by atoms with Crippen molar-refractivity contribution < 1.29 is 0 Å². The van der Waals surface area contributed by atoms with Crippen molar-refractivity contribution >= 4 is 5.69 Å². The van der Waals surface area contributed by atoms with E-state index in [9.17, 15) is 0 Å². The molecule has 2 nitrogen and oxygen atoms in total. The van der Waals surface area contributed by atoms with Crippen molar-refractivity contribution in [3.05, 3.63) is 29.8 Å². The van der Waals surface area contributed by atoms with Gasteiger partial charge in [-0.05, 0) is 37.6 Å². The third kappa shape index (κ3) is 2.72. The Morgan fingerprint density at radius 2 is 1.87 bits per heavy atom. The smallest absolute Gasteiger partial charge is 0.0383 e. The van der Waals surface area contributed by atoms with Crippen LogP contribution < -0.4 is 5.32 Å². The number of hydrogen-bond acceptors (Lipinski definition) is 2. The highest BCUT2D eigenvalue weighted by Crippen LogP contribution is 2.18. The molecule has 0 aromatic heterocycles. The molecule has 1 aliphatic heterocycles. The molecule has 0 spiro atoms. The van der Waals surface area contributed by atoms with Gasteiger partial charge in [0.2, 0.25) is 0 Å². The van der Waals surface area contributed by atoms with E-state index in [-0.39, 0.29) is 0 Å². The van der Waals surface area contributed by atoms with E-state index in [0.29, 0.717) is 0 Å². The molecule has 0 aliphatic carbocycles. The quantitative estimate of drug-likeness (QED) is 0.814. The molecule has 1 heterocycles. The van der Waals surface area contributed by atoms with Crippen molar-refractivity contribution in [2.45, 2.75) is 25.8 Å². The van der Waals surface area contributed by atoms with E-state index < -0.39 is 0 Å². The van der Waals surface area contributed by atoms with Crippen molar-refractivity contribution in [2.75, 3.05) is 25.5 Å². The van der Waals surface area contributed by atoms with Gasteiger partial charge in [0.15, 0.2) is 0 Å². The first-order valence-electron chi connectivity index (χ1n) is 5.88. The summed E-state index contributed by atoms with van der Waals surface area (Å²) >= 11 is 0. The Balaban J connectivity index is 2.02. The van der Waals surface area contributed by atoms with Crippen LogP contribution in [0.4, 0.5) is 5.69 Å². The highest BCUT2D eigenvalue weighted by atomic mass is 15.1. The topological polar surface area (TPSA) is 15.3 Å². The molecule has 0 saturated carbocycles. The number of nitrogens with one attached hydrogen (secondary N) is 1. The van der Waals surface area contributed by atoms with E-state index >= 15 is 0 Å². The minimum atomic E-state index is 1.09. The van der Waals surface area contributed by atoms with Crippen LogP contribution in [0.3, 0.4) is 0 Å². The molecule has 1 aromatic carbocycles. The standard InChI is InChI=1S/C13H20N2/c1-14-13-8-4-3-7-12(13)11-15-9-5-2-6-10-15/h3-4,7-8,14H,2,5-6,9-11H2,1H3. The lowest BCUT2D eigenvalue weighted by Crippen LogP contribution is -2.29. The lowest BCUT2D eigenvalue weighted by molar-refractivity contribution is 0.221. The lowest BCUT2D eigenvalue weighted by Gasteiger charge is -2.27. The molecule has 1 fully saturated rings. The number of hydrogen-bond donors (Lipinski definition) is 1. The fraction of sp³-hybridized carbons (Fsp3) is 0.538. The number of nitrogens with zero attached hydrogens (tertiary/aromatic N) is 1. The summed E-state index contributed by atoms with van der Waals surface area (Å²) in [5.74, 6) is 0. The fourth-order valence-electron chi connectivity index (χ4n) is 2.26. The summed E-state index contributed by atoms with van der Waals surface area (Å²) in [6.07, 6.45) is 4.13. The lowest BCUT2D eigenvalue weighted by atomic mass is 10.1. The fourth-order valence-corrected chi connectivity index (χ4v) is 2.26. The van der Waals surface area contributed by atoms with E-state index in [2.05, 4.69) is 34.5 Å². The van der Waals surface area contributed by atoms with Gasteiger partial charge in [-0.15, -0.1) is 0 Å². The molecule has 0 unspecified atom stereocenters. The maximum absolute atomic E-state index is 3.26. The van der Waals surface area contributed by atoms with Gasteiger partial charge in [-0.25, -0.2) is 0 Å². The zero-order chi connectivity index (χ0) is 10.5. The predicted octanol–water partition coefficient (Wildman–Crippen LogP) is 2.71. The Labute approximate surface area is 92.3 Å². The van der Waals surface area contributed by atoms with Crippen molar-refractivity contribution in [2.24, 2.45) is 0 Å². The van der Waals surface area contributed by atoms with Gasteiger partial charge in [-0.3, -0.25) is 4.90 Å². The zero-order valence-corrected chi connectivity index (χ0v) is 9.50. The summed E-state index contributed by atoms with van der Waals surface area (Å²) in [6, 6.07) is 8.59. The summed E-state index contributed by atoms with van der Waals surface area (Å²) in [4.78, 5) is 2.56. The minimum Gasteiger partial charge on any atom is -0.388 e. The average molecular weight is 204 g/mol. The van der Waals surface area contributed by atoms with Crippen LogP contribution in [0.2, 0.25) is 0 Å². The van der Waals surface area contributed by atoms with Crippen LogP contribution in [0.15, 0.2) is 24.3 Å².